The molecular formula is C23H15F5N2O. The number of benzene rings is 3. The minimum absolute atomic E-state index is 0.0967. The number of hydrogen-bond acceptors (Lipinski definition) is 2. The Kier molecular flexibility index (Phi) is 5.08. The van der Waals surface area contributed by atoms with E-state index in [0.29, 0.717) is 17.1 Å². The maximum Gasteiger partial charge on any atom is 0.419 e. The summed E-state index contributed by atoms with van der Waals surface area (Å²) in [6.07, 6.45) is -4.93. The van der Waals surface area contributed by atoms with E-state index in [0.717, 1.165) is 12.1 Å². The second kappa shape index (κ2) is 7.61. The van der Waals surface area contributed by atoms with Gasteiger partial charge in [-0.25, -0.2) is 8.78 Å². The van der Waals surface area contributed by atoms with Crippen molar-refractivity contribution in [2.45, 2.75) is 19.6 Å². The van der Waals surface area contributed by atoms with Gasteiger partial charge < -0.3 is 0 Å². The highest BCUT2D eigenvalue weighted by Gasteiger charge is 2.35. The van der Waals surface area contributed by atoms with Crippen molar-refractivity contribution in [1.82, 2.24) is 9.78 Å². The molecule has 158 valence electrons. The Morgan fingerprint density at radius 2 is 1.71 bits per heavy atom. The van der Waals surface area contributed by atoms with Gasteiger partial charge in [-0.2, -0.15) is 18.3 Å². The van der Waals surface area contributed by atoms with Gasteiger partial charge in [0, 0.05) is 16.5 Å². The third kappa shape index (κ3) is 3.81. The predicted molar refractivity (Wildman–Crippen MR) is 107 cm³/mol. The number of para-hydroxylation sites is 1. The number of aryl methyl sites for hydroxylation is 1. The van der Waals surface area contributed by atoms with E-state index in [2.05, 4.69) is 5.10 Å². The SMILES string of the molecule is Cc1ccc(Cn2nc(-c3cccc(C(F)(F)F)c3F)c(=O)c3ccccc32)c(F)c1. The number of halogens is 5. The zero-order valence-electron chi connectivity index (χ0n) is 16.2. The summed E-state index contributed by atoms with van der Waals surface area (Å²) in [7, 11) is 0. The molecule has 0 bridgehead atoms. The Morgan fingerprint density at radius 1 is 0.968 bits per heavy atom. The summed E-state index contributed by atoms with van der Waals surface area (Å²) in [4.78, 5) is 13.0. The van der Waals surface area contributed by atoms with Gasteiger partial charge in [-0.15, -0.1) is 0 Å². The standard InChI is InChI=1S/C23H15F5N2O/c1-13-9-10-14(18(24)11-13)12-30-19-8-3-2-5-15(19)22(31)21(29-30)16-6-4-7-17(20(16)25)23(26,27)28/h2-11H,12H2,1H3. The van der Waals surface area contributed by atoms with Gasteiger partial charge in [0.1, 0.15) is 17.3 Å². The molecule has 4 rings (SSSR count). The Labute approximate surface area is 173 Å². The van der Waals surface area contributed by atoms with E-state index in [-0.39, 0.29) is 17.5 Å². The fraction of sp³-hybridized carbons (Fsp3) is 0.130. The second-order valence-electron chi connectivity index (χ2n) is 7.11. The number of nitrogens with zero attached hydrogens (tertiary/aromatic N) is 2. The van der Waals surface area contributed by atoms with Gasteiger partial charge in [-0.05, 0) is 42.8 Å². The Balaban J connectivity index is 1.97. The van der Waals surface area contributed by atoms with Gasteiger partial charge >= 0.3 is 6.18 Å². The molecule has 0 unspecified atom stereocenters. The van der Waals surface area contributed by atoms with Gasteiger partial charge in [-0.3, -0.25) is 9.48 Å². The molecule has 0 spiro atoms. The Morgan fingerprint density at radius 3 is 2.42 bits per heavy atom. The van der Waals surface area contributed by atoms with Crippen LogP contribution in [0.2, 0.25) is 0 Å². The van der Waals surface area contributed by atoms with Crippen molar-refractivity contribution in [3.8, 4) is 11.3 Å². The zero-order chi connectivity index (χ0) is 22.3. The lowest BCUT2D eigenvalue weighted by molar-refractivity contribution is -0.139. The number of alkyl halides is 3. The van der Waals surface area contributed by atoms with Crippen molar-refractivity contribution in [1.29, 1.82) is 0 Å². The minimum Gasteiger partial charge on any atom is -0.287 e. The van der Waals surface area contributed by atoms with Crippen molar-refractivity contribution in [2.24, 2.45) is 0 Å². The molecule has 0 N–H and O–H groups in total. The van der Waals surface area contributed by atoms with Crippen LogP contribution in [0.5, 0.6) is 0 Å². The highest BCUT2D eigenvalue weighted by molar-refractivity contribution is 5.82. The lowest BCUT2D eigenvalue weighted by Gasteiger charge is -2.15. The Bertz CT molecular complexity index is 1360. The summed E-state index contributed by atoms with van der Waals surface area (Å²) in [5.41, 5.74) is -1.92. The quantitative estimate of drug-likeness (QED) is 0.390. The van der Waals surface area contributed by atoms with E-state index < -0.39 is 40.1 Å². The third-order valence-corrected chi connectivity index (χ3v) is 4.95. The van der Waals surface area contributed by atoms with Crippen molar-refractivity contribution < 1.29 is 22.0 Å². The summed E-state index contributed by atoms with van der Waals surface area (Å²) >= 11 is 0. The van der Waals surface area contributed by atoms with E-state index in [1.807, 2.05) is 0 Å². The van der Waals surface area contributed by atoms with Crippen LogP contribution < -0.4 is 5.43 Å². The molecule has 0 aliphatic rings. The topological polar surface area (TPSA) is 34.9 Å². The van der Waals surface area contributed by atoms with Gasteiger partial charge in [0.05, 0.1) is 17.6 Å². The van der Waals surface area contributed by atoms with Crippen LogP contribution in [0.1, 0.15) is 16.7 Å². The van der Waals surface area contributed by atoms with E-state index in [9.17, 15) is 26.7 Å². The van der Waals surface area contributed by atoms with Crippen molar-refractivity contribution >= 4 is 10.9 Å². The second-order valence-corrected chi connectivity index (χ2v) is 7.11. The number of rotatable bonds is 3. The van der Waals surface area contributed by atoms with Gasteiger partial charge in [0.2, 0.25) is 5.43 Å². The van der Waals surface area contributed by atoms with Crippen LogP contribution in [0.15, 0.2) is 65.5 Å². The molecule has 0 fully saturated rings. The first-order valence-electron chi connectivity index (χ1n) is 9.28. The van der Waals surface area contributed by atoms with E-state index in [4.69, 9.17) is 0 Å². The number of hydrogen-bond donors (Lipinski definition) is 0. The minimum atomic E-state index is -4.93. The normalized spacial score (nSPS) is 11.8. The van der Waals surface area contributed by atoms with Crippen LogP contribution >= 0.6 is 0 Å². The molecule has 31 heavy (non-hydrogen) atoms. The van der Waals surface area contributed by atoms with Crippen molar-refractivity contribution in [3.63, 3.8) is 0 Å². The van der Waals surface area contributed by atoms with E-state index in [1.54, 1.807) is 37.3 Å². The molecule has 8 heteroatoms. The maximum absolute atomic E-state index is 14.7. The molecule has 1 aromatic heterocycles. The van der Waals surface area contributed by atoms with Crippen LogP contribution in [0.25, 0.3) is 22.2 Å². The van der Waals surface area contributed by atoms with E-state index >= 15 is 0 Å². The number of fused-ring (bicyclic) bond motifs is 1. The molecule has 3 aromatic carbocycles. The third-order valence-electron chi connectivity index (χ3n) is 4.95. The average molecular weight is 430 g/mol. The molecule has 0 aliphatic heterocycles. The average Bonchev–Trinajstić information content (AvgIpc) is 2.71. The molecule has 0 radical (unpaired) electrons. The first-order valence-corrected chi connectivity index (χ1v) is 9.28. The molecule has 0 amide bonds. The summed E-state index contributed by atoms with van der Waals surface area (Å²) in [5, 5.41) is 4.28. The van der Waals surface area contributed by atoms with Gasteiger partial charge in [-0.1, -0.05) is 30.3 Å². The molecule has 0 saturated carbocycles. The maximum atomic E-state index is 14.7. The fourth-order valence-corrected chi connectivity index (χ4v) is 3.41. The first kappa shape index (κ1) is 20.7. The Hall–Kier alpha value is -3.55. The summed E-state index contributed by atoms with van der Waals surface area (Å²) in [6, 6.07) is 13.6. The summed E-state index contributed by atoms with van der Waals surface area (Å²) in [5.74, 6) is -2.07. The van der Waals surface area contributed by atoms with Crippen LogP contribution in [0.3, 0.4) is 0 Å². The lowest BCUT2D eigenvalue weighted by Crippen LogP contribution is -2.19. The summed E-state index contributed by atoms with van der Waals surface area (Å²) < 4.78 is 69.9. The fourth-order valence-electron chi connectivity index (χ4n) is 3.41. The molecule has 1 heterocycles. The highest BCUT2D eigenvalue weighted by Crippen LogP contribution is 2.34. The monoisotopic (exact) mass is 430 g/mol. The van der Waals surface area contributed by atoms with Crippen molar-refractivity contribution in [3.05, 3.63) is 99.2 Å². The molecule has 0 saturated heterocycles. The summed E-state index contributed by atoms with van der Waals surface area (Å²) in [6.45, 7) is 1.63. The molecular weight excluding hydrogens is 415 g/mol. The number of aromatic nitrogens is 2. The van der Waals surface area contributed by atoms with Crippen molar-refractivity contribution in [2.75, 3.05) is 0 Å². The predicted octanol–water partition coefficient (Wildman–Crippen LogP) is 5.72. The lowest BCUT2D eigenvalue weighted by atomic mass is 10.0. The van der Waals surface area contributed by atoms with Crippen LogP contribution in [0, 0.1) is 18.6 Å². The molecule has 0 atom stereocenters. The van der Waals surface area contributed by atoms with Crippen LogP contribution in [0.4, 0.5) is 22.0 Å². The molecule has 4 aromatic rings. The van der Waals surface area contributed by atoms with Gasteiger partial charge in [0.25, 0.3) is 0 Å². The van der Waals surface area contributed by atoms with E-state index in [1.165, 1.54) is 16.8 Å². The van der Waals surface area contributed by atoms with Crippen LogP contribution in [-0.4, -0.2) is 9.78 Å². The smallest absolute Gasteiger partial charge is 0.287 e. The molecule has 0 aliphatic carbocycles. The molecule has 3 nitrogen and oxygen atoms in total. The zero-order valence-corrected chi connectivity index (χ0v) is 16.2. The first-order chi connectivity index (χ1) is 14.7. The van der Waals surface area contributed by atoms with Gasteiger partial charge in [0.15, 0.2) is 0 Å². The van der Waals surface area contributed by atoms with Crippen LogP contribution in [-0.2, 0) is 12.7 Å². The highest BCUT2D eigenvalue weighted by atomic mass is 19.4. The largest absolute Gasteiger partial charge is 0.419 e.